The number of pyridine rings is 1. The molecular formula is C17H14ClN3O2S. The molecule has 0 bridgehead atoms. The summed E-state index contributed by atoms with van der Waals surface area (Å²) in [6.45, 7) is 0. The first-order chi connectivity index (χ1) is 11.5. The summed E-state index contributed by atoms with van der Waals surface area (Å²) in [7, 11) is -3.69. The van der Waals surface area contributed by atoms with Gasteiger partial charge in [0, 0.05) is 10.7 Å². The normalized spacial score (nSPS) is 11.0. The van der Waals surface area contributed by atoms with Crippen LogP contribution in [0.4, 0.5) is 17.2 Å². The second kappa shape index (κ2) is 6.90. The maximum Gasteiger partial charge on any atom is 0.263 e. The molecule has 0 saturated carbocycles. The zero-order valence-electron chi connectivity index (χ0n) is 12.5. The van der Waals surface area contributed by atoms with Crippen molar-refractivity contribution in [3.8, 4) is 0 Å². The molecule has 24 heavy (non-hydrogen) atoms. The van der Waals surface area contributed by atoms with E-state index in [0.29, 0.717) is 5.02 Å². The average Bonchev–Trinajstić information content (AvgIpc) is 2.58. The molecule has 0 atom stereocenters. The topological polar surface area (TPSA) is 71.1 Å². The number of rotatable bonds is 5. The van der Waals surface area contributed by atoms with Gasteiger partial charge in [0.25, 0.3) is 10.0 Å². The summed E-state index contributed by atoms with van der Waals surface area (Å²) in [4.78, 5) is 4.25. The average molecular weight is 360 g/mol. The SMILES string of the molecule is O=S(=O)(Nc1ccc(Nc2ccccc2)cn1)c1ccc(Cl)cc1. The van der Waals surface area contributed by atoms with Crippen LogP contribution in [0.3, 0.4) is 0 Å². The standard InChI is InChI=1S/C17H14ClN3O2S/c18-13-6-9-16(10-7-13)24(22,23)21-17-11-8-15(12-19-17)20-14-4-2-1-3-5-14/h1-12,20H,(H,19,21). The summed E-state index contributed by atoms with van der Waals surface area (Å²) >= 11 is 5.77. The van der Waals surface area contributed by atoms with E-state index in [1.807, 2.05) is 30.3 Å². The van der Waals surface area contributed by atoms with Crippen molar-refractivity contribution in [2.75, 3.05) is 10.0 Å². The quantitative estimate of drug-likeness (QED) is 0.713. The second-order valence-corrected chi connectivity index (χ2v) is 7.10. The minimum Gasteiger partial charge on any atom is -0.354 e. The fourth-order valence-electron chi connectivity index (χ4n) is 2.03. The Balaban J connectivity index is 1.73. The third-order valence-electron chi connectivity index (χ3n) is 3.19. The van der Waals surface area contributed by atoms with E-state index in [4.69, 9.17) is 11.6 Å². The van der Waals surface area contributed by atoms with Crippen molar-refractivity contribution in [3.63, 3.8) is 0 Å². The monoisotopic (exact) mass is 359 g/mol. The zero-order chi connectivity index (χ0) is 17.0. The minimum atomic E-state index is -3.69. The third-order valence-corrected chi connectivity index (χ3v) is 4.81. The van der Waals surface area contributed by atoms with Crippen molar-refractivity contribution >= 4 is 38.8 Å². The van der Waals surface area contributed by atoms with Gasteiger partial charge in [0.05, 0.1) is 16.8 Å². The van der Waals surface area contributed by atoms with E-state index in [0.717, 1.165) is 11.4 Å². The molecule has 0 radical (unpaired) electrons. The lowest BCUT2D eigenvalue weighted by Gasteiger charge is -2.09. The van der Waals surface area contributed by atoms with Gasteiger partial charge >= 0.3 is 0 Å². The Labute approximate surface area is 145 Å². The smallest absolute Gasteiger partial charge is 0.263 e. The van der Waals surface area contributed by atoms with Gasteiger partial charge < -0.3 is 5.32 Å². The summed E-state index contributed by atoms with van der Waals surface area (Å²) in [6.07, 6.45) is 1.56. The van der Waals surface area contributed by atoms with Crippen LogP contribution >= 0.6 is 11.6 Å². The van der Waals surface area contributed by atoms with Crippen molar-refractivity contribution in [2.24, 2.45) is 0 Å². The van der Waals surface area contributed by atoms with Crippen LogP contribution in [-0.2, 0) is 10.0 Å². The number of anilines is 3. The number of nitrogens with one attached hydrogen (secondary N) is 2. The third kappa shape index (κ3) is 4.04. The summed E-state index contributed by atoms with van der Waals surface area (Å²) < 4.78 is 27.0. The van der Waals surface area contributed by atoms with Gasteiger partial charge in [-0.1, -0.05) is 29.8 Å². The highest BCUT2D eigenvalue weighted by atomic mass is 35.5. The molecule has 0 aliphatic heterocycles. The summed E-state index contributed by atoms with van der Waals surface area (Å²) in [5.41, 5.74) is 1.68. The molecule has 2 aromatic carbocycles. The van der Waals surface area contributed by atoms with E-state index >= 15 is 0 Å². The second-order valence-electron chi connectivity index (χ2n) is 4.98. The van der Waals surface area contributed by atoms with Crippen LogP contribution in [0, 0.1) is 0 Å². The largest absolute Gasteiger partial charge is 0.354 e. The predicted molar refractivity (Wildman–Crippen MR) is 96.2 cm³/mol. The Hall–Kier alpha value is -2.57. The minimum absolute atomic E-state index is 0.125. The number of benzene rings is 2. The van der Waals surface area contributed by atoms with Gasteiger partial charge in [0.2, 0.25) is 0 Å². The number of halogens is 1. The maximum absolute atomic E-state index is 12.3. The highest BCUT2D eigenvalue weighted by molar-refractivity contribution is 7.92. The van der Waals surface area contributed by atoms with Gasteiger partial charge in [-0.3, -0.25) is 4.72 Å². The number of hydrogen-bond acceptors (Lipinski definition) is 4. The number of sulfonamides is 1. The fourth-order valence-corrected chi connectivity index (χ4v) is 3.16. The number of hydrogen-bond donors (Lipinski definition) is 2. The molecular weight excluding hydrogens is 346 g/mol. The molecule has 5 nitrogen and oxygen atoms in total. The zero-order valence-corrected chi connectivity index (χ0v) is 14.1. The van der Waals surface area contributed by atoms with Crippen LogP contribution in [0.2, 0.25) is 5.02 Å². The molecule has 122 valence electrons. The molecule has 0 saturated heterocycles. The molecule has 7 heteroatoms. The van der Waals surface area contributed by atoms with Crippen molar-refractivity contribution in [3.05, 3.63) is 77.9 Å². The van der Waals surface area contributed by atoms with Gasteiger partial charge in [0.15, 0.2) is 0 Å². The molecule has 0 unspecified atom stereocenters. The number of para-hydroxylation sites is 1. The van der Waals surface area contributed by atoms with Crippen molar-refractivity contribution < 1.29 is 8.42 Å². The molecule has 3 rings (SSSR count). The molecule has 0 aliphatic rings. The molecule has 1 heterocycles. The lowest BCUT2D eigenvalue weighted by Crippen LogP contribution is -2.13. The van der Waals surface area contributed by atoms with Crippen LogP contribution in [-0.4, -0.2) is 13.4 Å². The van der Waals surface area contributed by atoms with Crippen molar-refractivity contribution in [1.82, 2.24) is 4.98 Å². The van der Waals surface area contributed by atoms with Crippen LogP contribution in [0.15, 0.2) is 77.8 Å². The highest BCUT2D eigenvalue weighted by Gasteiger charge is 2.14. The first-order valence-corrected chi connectivity index (χ1v) is 8.95. The Kier molecular flexibility index (Phi) is 4.69. The lowest BCUT2D eigenvalue weighted by molar-refractivity contribution is 0.601. The highest BCUT2D eigenvalue weighted by Crippen LogP contribution is 2.19. The lowest BCUT2D eigenvalue weighted by atomic mass is 10.3. The van der Waals surface area contributed by atoms with E-state index in [1.165, 1.54) is 24.3 Å². The van der Waals surface area contributed by atoms with Crippen LogP contribution in [0.1, 0.15) is 0 Å². The molecule has 3 aromatic rings. The Bertz CT molecular complexity index is 912. The molecule has 0 fully saturated rings. The van der Waals surface area contributed by atoms with Crippen molar-refractivity contribution in [1.29, 1.82) is 0 Å². The number of aromatic nitrogens is 1. The number of nitrogens with zero attached hydrogens (tertiary/aromatic N) is 1. The van der Waals surface area contributed by atoms with Gasteiger partial charge in [0.1, 0.15) is 5.82 Å². The first-order valence-electron chi connectivity index (χ1n) is 7.09. The van der Waals surface area contributed by atoms with E-state index < -0.39 is 10.0 Å². The molecule has 0 amide bonds. The summed E-state index contributed by atoms with van der Waals surface area (Å²) in [6, 6.07) is 18.9. The molecule has 1 aromatic heterocycles. The van der Waals surface area contributed by atoms with Crippen molar-refractivity contribution in [2.45, 2.75) is 4.90 Å². The van der Waals surface area contributed by atoms with E-state index in [2.05, 4.69) is 15.0 Å². The van der Waals surface area contributed by atoms with E-state index in [-0.39, 0.29) is 10.7 Å². The molecule has 2 N–H and O–H groups in total. The van der Waals surface area contributed by atoms with Gasteiger partial charge in [-0.15, -0.1) is 0 Å². The predicted octanol–water partition coefficient (Wildman–Crippen LogP) is 4.28. The first kappa shape index (κ1) is 16.3. The van der Waals surface area contributed by atoms with E-state index in [1.54, 1.807) is 18.3 Å². The summed E-state index contributed by atoms with van der Waals surface area (Å²) in [5, 5.41) is 3.65. The Morgan fingerprint density at radius 2 is 1.54 bits per heavy atom. The molecule has 0 aliphatic carbocycles. The fraction of sp³-hybridized carbons (Fsp3) is 0. The Morgan fingerprint density at radius 1 is 0.833 bits per heavy atom. The molecule has 0 spiro atoms. The van der Waals surface area contributed by atoms with Gasteiger partial charge in [-0.2, -0.15) is 0 Å². The Morgan fingerprint density at radius 3 is 2.17 bits per heavy atom. The summed E-state index contributed by atoms with van der Waals surface area (Å²) in [5.74, 6) is 0.239. The van der Waals surface area contributed by atoms with Crippen LogP contribution < -0.4 is 10.0 Å². The van der Waals surface area contributed by atoms with Crippen LogP contribution in [0.5, 0.6) is 0 Å². The van der Waals surface area contributed by atoms with Crippen LogP contribution in [0.25, 0.3) is 0 Å². The van der Waals surface area contributed by atoms with E-state index in [9.17, 15) is 8.42 Å². The van der Waals surface area contributed by atoms with Gasteiger partial charge in [-0.25, -0.2) is 13.4 Å². The maximum atomic E-state index is 12.3. The van der Waals surface area contributed by atoms with Gasteiger partial charge in [-0.05, 0) is 48.5 Å².